The Bertz CT molecular complexity index is 43.7. The third-order valence-electron chi connectivity index (χ3n) is 0.856. The molecule has 0 aromatic rings. The lowest BCUT2D eigenvalue weighted by Gasteiger charge is -2.08. The second kappa shape index (κ2) is 5.49. The Morgan fingerprint density at radius 3 is 1.75 bits per heavy atom. The van der Waals surface area contributed by atoms with E-state index in [1.165, 1.54) is 0 Å². The molecular weight excluding hydrogens is 119 g/mol. The first-order chi connectivity index (χ1) is 3.81. The van der Waals surface area contributed by atoms with Crippen LogP contribution in [0.3, 0.4) is 0 Å². The first kappa shape index (κ1) is 8.35. The molecule has 0 aliphatic carbocycles. The molecule has 0 heterocycles. The minimum absolute atomic E-state index is 0.197. The molecule has 0 saturated heterocycles. The molecule has 3 heteroatoms. The van der Waals surface area contributed by atoms with Gasteiger partial charge in [-0.15, -0.1) is 0 Å². The lowest BCUT2D eigenvalue weighted by atomic mass is 11.2. The summed E-state index contributed by atoms with van der Waals surface area (Å²) < 4.78 is 0. The van der Waals surface area contributed by atoms with E-state index in [-0.39, 0.29) is 7.92 Å². The quantitative estimate of drug-likeness (QED) is 0.545. The molecule has 2 nitrogen and oxygen atoms in total. The maximum Gasteiger partial charge on any atom is 0.0161 e. The van der Waals surface area contributed by atoms with Gasteiger partial charge in [-0.3, -0.25) is 0 Å². The first-order valence-electron chi connectivity index (χ1n) is 2.79. The summed E-state index contributed by atoms with van der Waals surface area (Å²) in [5.41, 5.74) is 0. The molecule has 0 aromatic heterocycles. The van der Waals surface area contributed by atoms with Crippen LogP contribution in [-0.2, 0) is 0 Å². The maximum atomic E-state index is 3.14. The highest BCUT2D eigenvalue weighted by atomic mass is 31.1. The predicted molar refractivity (Wildman–Crippen MR) is 40.7 cm³/mol. The molecule has 0 atom stereocenters. The molecule has 0 fully saturated rings. The molecular formula is C5H15N2P. The van der Waals surface area contributed by atoms with Gasteiger partial charge in [0, 0.05) is 12.6 Å². The molecule has 0 amide bonds. The van der Waals surface area contributed by atoms with Gasteiger partial charge in [-0.2, -0.15) is 0 Å². The van der Waals surface area contributed by atoms with Crippen LogP contribution in [0.1, 0.15) is 0 Å². The van der Waals surface area contributed by atoms with Crippen molar-refractivity contribution >= 4 is 7.92 Å². The van der Waals surface area contributed by atoms with Crippen molar-refractivity contribution < 1.29 is 0 Å². The van der Waals surface area contributed by atoms with Crippen molar-refractivity contribution in [1.29, 1.82) is 0 Å². The van der Waals surface area contributed by atoms with Gasteiger partial charge >= 0.3 is 0 Å². The summed E-state index contributed by atoms with van der Waals surface area (Å²) in [7, 11) is 4.19. The molecule has 0 saturated carbocycles. The van der Waals surface area contributed by atoms with Crippen molar-refractivity contribution in [2.24, 2.45) is 0 Å². The van der Waals surface area contributed by atoms with Crippen LogP contribution in [0.15, 0.2) is 0 Å². The highest BCUT2D eigenvalue weighted by molar-refractivity contribution is 7.56. The van der Waals surface area contributed by atoms with E-state index in [1.54, 1.807) is 0 Å². The largest absolute Gasteiger partial charge is 0.316 e. The Hall–Kier alpha value is 0.350. The van der Waals surface area contributed by atoms with Gasteiger partial charge in [-0.05, 0) is 20.8 Å². The van der Waals surface area contributed by atoms with Crippen LogP contribution in [0.5, 0.6) is 0 Å². The number of rotatable bonds is 4. The van der Waals surface area contributed by atoms with Gasteiger partial charge in [0.2, 0.25) is 0 Å². The summed E-state index contributed by atoms with van der Waals surface area (Å²) in [5.74, 6) is 0. The zero-order valence-electron chi connectivity index (χ0n) is 5.86. The fourth-order valence-corrected chi connectivity index (χ4v) is 1.79. The van der Waals surface area contributed by atoms with E-state index in [4.69, 9.17) is 0 Å². The molecule has 0 unspecified atom stereocenters. The third-order valence-corrected chi connectivity index (χ3v) is 2.57. The number of nitrogens with one attached hydrogen (secondary N) is 2. The minimum atomic E-state index is 0.197. The lowest BCUT2D eigenvalue weighted by molar-refractivity contribution is 0.935. The summed E-state index contributed by atoms with van der Waals surface area (Å²) in [6.07, 6.45) is 2.33. The van der Waals surface area contributed by atoms with Crippen molar-refractivity contribution in [3.63, 3.8) is 0 Å². The van der Waals surface area contributed by atoms with Crippen LogP contribution >= 0.6 is 7.92 Å². The molecule has 0 radical (unpaired) electrons. The summed E-state index contributed by atoms with van der Waals surface area (Å²) in [5, 5.41) is 6.28. The van der Waals surface area contributed by atoms with Crippen LogP contribution < -0.4 is 10.6 Å². The van der Waals surface area contributed by atoms with Crippen molar-refractivity contribution in [3.05, 3.63) is 0 Å². The normalized spacial score (nSPS) is 10.5. The standard InChI is InChI=1S/C5H15N2P/c1-6-4-8(3)5-7-2/h6-7H,4-5H2,1-3H3. The Morgan fingerprint density at radius 1 is 1.12 bits per heavy atom. The average Bonchev–Trinajstić information content (AvgIpc) is 1.68. The molecule has 8 heavy (non-hydrogen) atoms. The Kier molecular flexibility index (Phi) is 5.73. The van der Waals surface area contributed by atoms with E-state index < -0.39 is 0 Å². The van der Waals surface area contributed by atoms with Crippen LogP contribution in [0.25, 0.3) is 0 Å². The van der Waals surface area contributed by atoms with Crippen LogP contribution in [-0.4, -0.2) is 33.3 Å². The van der Waals surface area contributed by atoms with Crippen LogP contribution in [0.2, 0.25) is 0 Å². The van der Waals surface area contributed by atoms with Crippen molar-refractivity contribution in [2.45, 2.75) is 0 Å². The molecule has 0 aliphatic heterocycles. The fraction of sp³-hybridized carbons (Fsp3) is 1.00. The summed E-state index contributed by atoms with van der Waals surface area (Å²) in [6, 6.07) is 0. The molecule has 0 spiro atoms. The van der Waals surface area contributed by atoms with Crippen LogP contribution in [0, 0.1) is 0 Å². The van der Waals surface area contributed by atoms with Crippen molar-refractivity contribution in [2.75, 3.05) is 33.3 Å². The molecule has 0 rings (SSSR count). The first-order valence-corrected chi connectivity index (χ1v) is 4.95. The second-order valence-electron chi connectivity index (χ2n) is 1.88. The topological polar surface area (TPSA) is 24.1 Å². The molecule has 50 valence electrons. The van der Waals surface area contributed by atoms with Crippen molar-refractivity contribution in [1.82, 2.24) is 10.6 Å². The van der Waals surface area contributed by atoms with E-state index in [9.17, 15) is 0 Å². The van der Waals surface area contributed by atoms with E-state index in [0.29, 0.717) is 0 Å². The second-order valence-corrected chi connectivity index (χ2v) is 4.22. The summed E-state index contributed by atoms with van der Waals surface area (Å²) in [6.45, 7) is 2.28. The smallest absolute Gasteiger partial charge is 0.0161 e. The average molecular weight is 134 g/mol. The molecule has 0 aliphatic rings. The number of hydrogen-bond donors (Lipinski definition) is 2. The van der Waals surface area contributed by atoms with E-state index >= 15 is 0 Å². The van der Waals surface area contributed by atoms with Gasteiger partial charge in [0.05, 0.1) is 0 Å². The monoisotopic (exact) mass is 134 g/mol. The highest BCUT2D eigenvalue weighted by Crippen LogP contribution is 2.25. The summed E-state index contributed by atoms with van der Waals surface area (Å²) in [4.78, 5) is 0. The molecule has 0 aromatic carbocycles. The zero-order chi connectivity index (χ0) is 6.41. The third kappa shape index (κ3) is 4.51. The van der Waals surface area contributed by atoms with Gasteiger partial charge in [0.25, 0.3) is 0 Å². The minimum Gasteiger partial charge on any atom is -0.316 e. The number of hydrogen-bond acceptors (Lipinski definition) is 2. The molecule has 0 bridgehead atoms. The van der Waals surface area contributed by atoms with E-state index in [2.05, 4.69) is 17.3 Å². The predicted octanol–water partition coefficient (Wildman–Crippen LogP) is 0.452. The highest BCUT2D eigenvalue weighted by Gasteiger charge is 1.93. The fourth-order valence-electron chi connectivity index (χ4n) is 0.596. The Balaban J connectivity index is 2.92. The van der Waals surface area contributed by atoms with Gasteiger partial charge in [0.15, 0.2) is 0 Å². The van der Waals surface area contributed by atoms with Gasteiger partial charge in [0.1, 0.15) is 0 Å². The Labute approximate surface area is 52.8 Å². The van der Waals surface area contributed by atoms with Gasteiger partial charge < -0.3 is 10.6 Å². The van der Waals surface area contributed by atoms with Gasteiger partial charge in [-0.1, -0.05) is 7.92 Å². The Morgan fingerprint density at radius 2 is 1.50 bits per heavy atom. The molecule has 2 N–H and O–H groups in total. The maximum absolute atomic E-state index is 3.14. The van der Waals surface area contributed by atoms with Crippen molar-refractivity contribution in [3.8, 4) is 0 Å². The summed E-state index contributed by atoms with van der Waals surface area (Å²) >= 11 is 0. The van der Waals surface area contributed by atoms with E-state index in [0.717, 1.165) is 12.6 Å². The lowest BCUT2D eigenvalue weighted by Crippen LogP contribution is -2.13. The van der Waals surface area contributed by atoms with Gasteiger partial charge in [-0.25, -0.2) is 0 Å². The SMILES string of the molecule is CNCP(C)CNC. The van der Waals surface area contributed by atoms with Crippen LogP contribution in [0.4, 0.5) is 0 Å². The zero-order valence-corrected chi connectivity index (χ0v) is 6.76. The van der Waals surface area contributed by atoms with E-state index in [1.807, 2.05) is 14.1 Å².